The van der Waals surface area contributed by atoms with Gasteiger partial charge in [0.25, 0.3) is 11.1 Å². The zero-order valence-electron chi connectivity index (χ0n) is 23.9. The van der Waals surface area contributed by atoms with Gasteiger partial charge >= 0.3 is 23.1 Å². The molecule has 0 aliphatic carbocycles. The number of aromatic nitrogens is 4. The van der Waals surface area contributed by atoms with Crippen molar-refractivity contribution < 1.29 is 33.9 Å². The van der Waals surface area contributed by atoms with E-state index in [2.05, 4.69) is 0 Å². The van der Waals surface area contributed by atoms with Crippen LogP contribution >= 0.6 is 0 Å². The first-order chi connectivity index (χ1) is 18.8. The standard InChI is InChI=1S/C16H16N2O2.C15H12N2O2.CH4.CH3.HI.Mg/c1-11-8-9-17-10-14(12(2)19)18(16(20)15(11)17)13-6-4-3-5-7-13;1-11-7-8-16-9-13(10-18)17(15(19)14(11)16)12-5-3-2-4-6-12;;;;/h3-10,12,19H,1-2H3;2-10H,1H3;1H4;1H3;1H;/q;;;-1;;+2/p-1. The van der Waals surface area contributed by atoms with E-state index in [1.807, 2.05) is 92.8 Å². The van der Waals surface area contributed by atoms with Crippen molar-refractivity contribution >= 4 is 40.4 Å². The Balaban J connectivity index is 0.000000394. The van der Waals surface area contributed by atoms with Gasteiger partial charge in [-0.1, -0.05) is 43.8 Å². The second kappa shape index (κ2) is 15.9. The molecule has 4 heterocycles. The number of carbonyl (C=O) groups is 1. The molecule has 0 aliphatic heterocycles. The van der Waals surface area contributed by atoms with Crippen molar-refractivity contribution in [2.45, 2.75) is 34.3 Å². The Hall–Kier alpha value is -3.45. The largest absolute Gasteiger partial charge is 2.00 e. The van der Waals surface area contributed by atoms with Gasteiger partial charge in [0.1, 0.15) is 16.7 Å². The monoisotopic (exact) mass is 702 g/mol. The van der Waals surface area contributed by atoms with Crippen molar-refractivity contribution in [2.75, 3.05) is 0 Å². The van der Waals surface area contributed by atoms with Crippen molar-refractivity contribution in [3.8, 4) is 11.4 Å². The summed E-state index contributed by atoms with van der Waals surface area (Å²) in [5.74, 6) is 0. The van der Waals surface area contributed by atoms with Gasteiger partial charge < -0.3 is 45.3 Å². The molecular formula is C33H35IMgN4O4. The van der Waals surface area contributed by atoms with Crippen molar-refractivity contribution in [3.63, 3.8) is 0 Å². The zero-order valence-corrected chi connectivity index (χ0v) is 27.5. The van der Waals surface area contributed by atoms with Crippen LogP contribution in [0.3, 0.4) is 0 Å². The molecule has 0 radical (unpaired) electrons. The van der Waals surface area contributed by atoms with Crippen LogP contribution in [-0.2, 0) is 0 Å². The molecule has 10 heteroatoms. The number of benzene rings is 2. The SMILES string of the molecule is C.Cc1ccn2cc(C(C)O)n(-c3ccccc3)c(=O)c12.Cc1ccn2cc(C=O)n(-c3ccccc3)c(=O)c12.[CH3-].[I-].[Mg+2]. The topological polar surface area (TPSA) is 90.1 Å². The number of hydrogen-bond donors (Lipinski definition) is 1. The quantitative estimate of drug-likeness (QED) is 0.132. The molecule has 220 valence electrons. The van der Waals surface area contributed by atoms with Crippen LogP contribution in [-0.4, -0.2) is 52.4 Å². The van der Waals surface area contributed by atoms with Crippen LogP contribution < -0.4 is 35.1 Å². The minimum absolute atomic E-state index is 0. The van der Waals surface area contributed by atoms with E-state index < -0.39 is 6.10 Å². The maximum absolute atomic E-state index is 12.8. The fourth-order valence-corrected chi connectivity index (χ4v) is 4.78. The molecule has 0 saturated heterocycles. The second-order valence-electron chi connectivity index (χ2n) is 9.36. The summed E-state index contributed by atoms with van der Waals surface area (Å²) in [5, 5.41) is 9.98. The number of aryl methyl sites for hydroxylation is 2. The molecule has 0 saturated carbocycles. The molecule has 0 spiro atoms. The summed E-state index contributed by atoms with van der Waals surface area (Å²) in [6.45, 7) is 5.46. The molecule has 6 rings (SSSR count). The summed E-state index contributed by atoms with van der Waals surface area (Å²) in [5.41, 5.74) is 5.12. The Bertz CT molecular complexity index is 1920. The summed E-state index contributed by atoms with van der Waals surface area (Å²) < 4.78 is 6.49. The van der Waals surface area contributed by atoms with E-state index in [9.17, 15) is 19.5 Å². The first kappa shape index (κ1) is 37.6. The van der Waals surface area contributed by atoms with E-state index in [1.165, 1.54) is 4.57 Å². The number of aliphatic hydroxyl groups excluding tert-OH is 1. The molecule has 6 aromatic rings. The van der Waals surface area contributed by atoms with Crippen molar-refractivity contribution in [2.24, 2.45) is 0 Å². The fraction of sp³-hybridized carbons (Fsp3) is 0.152. The van der Waals surface area contributed by atoms with E-state index in [1.54, 1.807) is 38.9 Å². The predicted molar refractivity (Wildman–Crippen MR) is 170 cm³/mol. The normalized spacial score (nSPS) is 10.7. The van der Waals surface area contributed by atoms with Crippen LogP contribution in [0.1, 0.15) is 47.8 Å². The molecule has 2 aromatic carbocycles. The summed E-state index contributed by atoms with van der Waals surface area (Å²) in [4.78, 5) is 36.6. The van der Waals surface area contributed by atoms with Crippen molar-refractivity contribution in [1.29, 1.82) is 0 Å². The predicted octanol–water partition coefficient (Wildman–Crippen LogP) is 2.37. The smallest absolute Gasteiger partial charge is 1.00 e. The van der Waals surface area contributed by atoms with Gasteiger partial charge in [-0.2, -0.15) is 0 Å². The number of aldehydes is 1. The van der Waals surface area contributed by atoms with Crippen LogP contribution in [0.5, 0.6) is 0 Å². The van der Waals surface area contributed by atoms with Gasteiger partial charge in [0.05, 0.1) is 11.8 Å². The van der Waals surface area contributed by atoms with Gasteiger partial charge in [-0.25, -0.2) is 0 Å². The minimum Gasteiger partial charge on any atom is -1.00 e. The summed E-state index contributed by atoms with van der Waals surface area (Å²) in [7, 11) is 0. The molecule has 1 unspecified atom stereocenters. The van der Waals surface area contributed by atoms with Crippen LogP contribution in [0, 0.1) is 21.3 Å². The molecule has 1 atom stereocenters. The van der Waals surface area contributed by atoms with Crippen LogP contribution in [0.25, 0.3) is 22.4 Å². The number of hydrogen-bond acceptors (Lipinski definition) is 4. The first-order valence-electron chi connectivity index (χ1n) is 12.5. The second-order valence-corrected chi connectivity index (χ2v) is 9.36. The first-order valence-corrected chi connectivity index (χ1v) is 12.5. The van der Waals surface area contributed by atoms with Crippen LogP contribution in [0.4, 0.5) is 0 Å². The molecule has 43 heavy (non-hydrogen) atoms. The van der Waals surface area contributed by atoms with E-state index >= 15 is 0 Å². The van der Waals surface area contributed by atoms with Crippen molar-refractivity contribution in [3.05, 3.63) is 148 Å². The van der Waals surface area contributed by atoms with Gasteiger partial charge in [0.2, 0.25) is 0 Å². The van der Waals surface area contributed by atoms with Gasteiger partial charge in [-0.3, -0.25) is 23.5 Å². The zero-order chi connectivity index (χ0) is 27.7. The third-order valence-electron chi connectivity index (χ3n) is 6.68. The van der Waals surface area contributed by atoms with Gasteiger partial charge in [-0.15, -0.1) is 0 Å². The van der Waals surface area contributed by atoms with Crippen LogP contribution in [0.15, 0.2) is 107 Å². The van der Waals surface area contributed by atoms with Gasteiger partial charge in [0, 0.05) is 36.2 Å². The fourth-order valence-electron chi connectivity index (χ4n) is 4.78. The number of fused-ring (bicyclic) bond motifs is 2. The van der Waals surface area contributed by atoms with Gasteiger partial charge in [-0.05, 0) is 68.3 Å². The third-order valence-corrected chi connectivity index (χ3v) is 6.68. The molecule has 8 nitrogen and oxygen atoms in total. The number of halogens is 1. The Kier molecular flexibility index (Phi) is 13.9. The third kappa shape index (κ3) is 7.20. The number of nitrogens with zero attached hydrogens (tertiary/aromatic N) is 4. The maximum Gasteiger partial charge on any atom is 2.00 e. The Morgan fingerprint density at radius 1 is 0.721 bits per heavy atom. The number of carbonyl (C=O) groups excluding carboxylic acids is 1. The summed E-state index contributed by atoms with van der Waals surface area (Å²) >= 11 is 0. The molecule has 0 aliphatic rings. The molecule has 0 bridgehead atoms. The summed E-state index contributed by atoms with van der Waals surface area (Å²) in [6.07, 6.45) is 7.07. The average Bonchev–Trinajstić information content (AvgIpc) is 3.52. The molecular weight excluding hydrogens is 668 g/mol. The molecule has 4 aromatic heterocycles. The molecule has 0 fully saturated rings. The summed E-state index contributed by atoms with van der Waals surface area (Å²) in [6, 6.07) is 22.3. The molecule has 0 amide bonds. The molecule has 1 N–H and O–H groups in total. The van der Waals surface area contributed by atoms with Gasteiger partial charge in [0.15, 0.2) is 6.29 Å². The Labute approximate surface area is 284 Å². The van der Waals surface area contributed by atoms with E-state index in [4.69, 9.17) is 0 Å². The van der Waals surface area contributed by atoms with Crippen molar-refractivity contribution in [1.82, 2.24) is 17.9 Å². The Morgan fingerprint density at radius 3 is 1.58 bits per heavy atom. The number of aliphatic hydroxyl groups is 1. The minimum atomic E-state index is -0.727. The Morgan fingerprint density at radius 2 is 1.14 bits per heavy atom. The average molecular weight is 703 g/mol. The van der Waals surface area contributed by atoms with Crippen LogP contribution in [0.2, 0.25) is 0 Å². The number of rotatable bonds is 4. The number of para-hydroxylation sites is 2. The maximum atomic E-state index is 12.8. The van der Waals surface area contributed by atoms with E-state index in [0.29, 0.717) is 34.4 Å². The van der Waals surface area contributed by atoms with E-state index in [0.717, 1.165) is 16.8 Å². The van der Waals surface area contributed by atoms with E-state index in [-0.39, 0.29) is 73.0 Å².